The van der Waals surface area contributed by atoms with Crippen molar-refractivity contribution >= 4 is 11.3 Å². The molecule has 0 bridgehead atoms. The summed E-state index contributed by atoms with van der Waals surface area (Å²) in [5, 5.41) is 8.22. The molecule has 0 spiro atoms. The monoisotopic (exact) mass is 241 g/mol. The first-order valence-corrected chi connectivity index (χ1v) is 5.64. The maximum atomic E-state index is 12.3. The predicted octanol–water partition coefficient (Wildman–Crippen LogP) is 1.18. The van der Waals surface area contributed by atoms with Crippen LogP contribution in [0.5, 0.6) is 0 Å². The molecule has 0 aromatic carbocycles. The molecule has 0 unspecified atom stereocenters. The zero-order valence-electron chi connectivity index (χ0n) is 9.82. The standard InChI is InChI=1S/C12H11N5O/c1-2-16-8-9(5-14-16)12(18)10-6-15-17-4-3-13-7-11(10)17/h3-8H,2H2,1H3. The van der Waals surface area contributed by atoms with Crippen LogP contribution >= 0.6 is 0 Å². The Balaban J connectivity index is 2.06. The average molecular weight is 241 g/mol. The minimum Gasteiger partial charge on any atom is -0.288 e. The normalized spacial score (nSPS) is 10.9. The zero-order valence-corrected chi connectivity index (χ0v) is 9.82. The summed E-state index contributed by atoms with van der Waals surface area (Å²) in [6.45, 7) is 2.71. The highest BCUT2D eigenvalue weighted by atomic mass is 16.1. The number of hydrogen-bond acceptors (Lipinski definition) is 4. The number of rotatable bonds is 3. The van der Waals surface area contributed by atoms with E-state index in [0.29, 0.717) is 16.6 Å². The first kappa shape index (κ1) is 10.6. The Bertz CT molecular complexity index is 712. The SMILES string of the molecule is CCn1cc(C(=O)c2cnn3ccncc23)cn1. The van der Waals surface area contributed by atoms with Crippen LogP contribution in [0.4, 0.5) is 0 Å². The molecule has 3 aromatic heterocycles. The van der Waals surface area contributed by atoms with Gasteiger partial charge >= 0.3 is 0 Å². The van der Waals surface area contributed by atoms with Gasteiger partial charge in [0.15, 0.2) is 5.78 Å². The number of hydrogen-bond donors (Lipinski definition) is 0. The number of nitrogens with zero attached hydrogens (tertiary/aromatic N) is 5. The molecule has 6 heteroatoms. The summed E-state index contributed by atoms with van der Waals surface area (Å²) in [6, 6.07) is 0. The molecular formula is C12H11N5O. The van der Waals surface area contributed by atoms with E-state index < -0.39 is 0 Å². The van der Waals surface area contributed by atoms with E-state index in [1.54, 1.807) is 46.4 Å². The van der Waals surface area contributed by atoms with Crippen molar-refractivity contribution in [2.24, 2.45) is 0 Å². The molecule has 3 heterocycles. The van der Waals surface area contributed by atoms with Gasteiger partial charge in [-0.15, -0.1) is 0 Å². The van der Waals surface area contributed by atoms with Gasteiger partial charge in [-0.25, -0.2) is 4.52 Å². The number of fused-ring (bicyclic) bond motifs is 1. The van der Waals surface area contributed by atoms with Crippen LogP contribution in [-0.2, 0) is 6.54 Å². The van der Waals surface area contributed by atoms with E-state index in [0.717, 1.165) is 6.54 Å². The first-order valence-electron chi connectivity index (χ1n) is 5.64. The maximum absolute atomic E-state index is 12.3. The third-order valence-electron chi connectivity index (χ3n) is 2.79. The molecule has 0 saturated carbocycles. The second-order valence-corrected chi connectivity index (χ2v) is 3.88. The Hall–Kier alpha value is -2.50. The Morgan fingerprint density at radius 3 is 2.94 bits per heavy atom. The predicted molar refractivity (Wildman–Crippen MR) is 64.3 cm³/mol. The molecule has 0 saturated heterocycles. The Morgan fingerprint density at radius 2 is 2.17 bits per heavy atom. The summed E-state index contributed by atoms with van der Waals surface area (Å²) < 4.78 is 3.35. The second-order valence-electron chi connectivity index (χ2n) is 3.88. The molecule has 3 rings (SSSR count). The molecule has 0 aliphatic rings. The lowest BCUT2D eigenvalue weighted by molar-refractivity contribution is 0.104. The van der Waals surface area contributed by atoms with E-state index in [4.69, 9.17) is 0 Å². The van der Waals surface area contributed by atoms with Crippen LogP contribution in [0.15, 0.2) is 37.2 Å². The number of ketones is 1. The molecule has 6 nitrogen and oxygen atoms in total. The van der Waals surface area contributed by atoms with Gasteiger partial charge in [-0.3, -0.25) is 14.5 Å². The summed E-state index contributed by atoms with van der Waals surface area (Å²) in [7, 11) is 0. The summed E-state index contributed by atoms with van der Waals surface area (Å²) >= 11 is 0. The summed E-state index contributed by atoms with van der Waals surface area (Å²) in [6.07, 6.45) is 9.84. The van der Waals surface area contributed by atoms with Gasteiger partial charge in [-0.05, 0) is 6.92 Å². The maximum Gasteiger partial charge on any atom is 0.200 e. The van der Waals surface area contributed by atoms with Crippen LogP contribution < -0.4 is 0 Å². The van der Waals surface area contributed by atoms with E-state index >= 15 is 0 Å². The number of aromatic nitrogens is 5. The van der Waals surface area contributed by atoms with Crippen LogP contribution in [0, 0.1) is 0 Å². The molecule has 0 fully saturated rings. The third kappa shape index (κ3) is 1.58. The van der Waals surface area contributed by atoms with Crippen LogP contribution in [0.2, 0.25) is 0 Å². The smallest absolute Gasteiger partial charge is 0.200 e. The van der Waals surface area contributed by atoms with Gasteiger partial charge in [0, 0.05) is 25.1 Å². The van der Waals surface area contributed by atoms with Crippen molar-refractivity contribution in [2.75, 3.05) is 0 Å². The molecule has 0 atom stereocenters. The second kappa shape index (κ2) is 4.06. The van der Waals surface area contributed by atoms with Crippen molar-refractivity contribution in [2.45, 2.75) is 13.5 Å². The molecule has 18 heavy (non-hydrogen) atoms. The van der Waals surface area contributed by atoms with Gasteiger partial charge < -0.3 is 0 Å². The Kier molecular flexibility index (Phi) is 2.40. The average Bonchev–Trinajstić information content (AvgIpc) is 3.04. The van der Waals surface area contributed by atoms with Crippen LogP contribution in [0.1, 0.15) is 22.8 Å². The highest BCUT2D eigenvalue weighted by Gasteiger charge is 2.16. The highest BCUT2D eigenvalue weighted by Crippen LogP contribution is 2.14. The molecule has 0 aliphatic heterocycles. The van der Waals surface area contributed by atoms with Crippen molar-refractivity contribution in [3.05, 3.63) is 48.3 Å². The van der Waals surface area contributed by atoms with E-state index in [1.807, 2.05) is 6.92 Å². The lowest BCUT2D eigenvalue weighted by atomic mass is 10.1. The van der Waals surface area contributed by atoms with Crippen LogP contribution in [-0.4, -0.2) is 30.2 Å². The summed E-state index contributed by atoms with van der Waals surface area (Å²) in [5.74, 6) is -0.0855. The fourth-order valence-corrected chi connectivity index (χ4v) is 1.82. The van der Waals surface area contributed by atoms with Crippen molar-refractivity contribution in [3.8, 4) is 0 Å². The van der Waals surface area contributed by atoms with E-state index in [1.165, 1.54) is 0 Å². The zero-order chi connectivity index (χ0) is 12.5. The molecule has 0 amide bonds. The largest absolute Gasteiger partial charge is 0.288 e. The van der Waals surface area contributed by atoms with Crippen molar-refractivity contribution in [1.82, 2.24) is 24.4 Å². The minimum atomic E-state index is -0.0855. The number of carbonyl (C=O) groups excluding carboxylic acids is 1. The van der Waals surface area contributed by atoms with Gasteiger partial charge in [0.05, 0.1) is 35.2 Å². The van der Waals surface area contributed by atoms with Crippen LogP contribution in [0.25, 0.3) is 5.52 Å². The van der Waals surface area contributed by atoms with Crippen LogP contribution in [0.3, 0.4) is 0 Å². The molecule has 3 aromatic rings. The van der Waals surface area contributed by atoms with Gasteiger partial charge in [-0.1, -0.05) is 0 Å². The summed E-state index contributed by atoms with van der Waals surface area (Å²) in [5.41, 5.74) is 1.81. The number of aryl methyl sites for hydroxylation is 1. The fourth-order valence-electron chi connectivity index (χ4n) is 1.82. The number of carbonyl (C=O) groups is 1. The van der Waals surface area contributed by atoms with Gasteiger partial charge in [0.1, 0.15) is 0 Å². The third-order valence-corrected chi connectivity index (χ3v) is 2.79. The molecular weight excluding hydrogens is 230 g/mol. The topological polar surface area (TPSA) is 65.1 Å². The van der Waals surface area contributed by atoms with Crippen molar-refractivity contribution < 1.29 is 4.79 Å². The van der Waals surface area contributed by atoms with Gasteiger partial charge in [-0.2, -0.15) is 10.2 Å². The van der Waals surface area contributed by atoms with Gasteiger partial charge in [0.25, 0.3) is 0 Å². The lowest BCUT2D eigenvalue weighted by Gasteiger charge is -1.95. The highest BCUT2D eigenvalue weighted by molar-refractivity contribution is 6.12. The minimum absolute atomic E-state index is 0.0855. The Labute approximate surface area is 103 Å². The quantitative estimate of drug-likeness (QED) is 0.646. The Morgan fingerprint density at radius 1 is 1.28 bits per heavy atom. The van der Waals surface area contributed by atoms with Crippen molar-refractivity contribution in [1.29, 1.82) is 0 Å². The lowest BCUT2D eigenvalue weighted by Crippen LogP contribution is -2.00. The molecule has 0 aliphatic carbocycles. The molecule has 0 N–H and O–H groups in total. The van der Waals surface area contributed by atoms with E-state index in [9.17, 15) is 4.79 Å². The molecule has 0 radical (unpaired) electrons. The van der Waals surface area contributed by atoms with Gasteiger partial charge in [0.2, 0.25) is 0 Å². The van der Waals surface area contributed by atoms with Crippen molar-refractivity contribution in [3.63, 3.8) is 0 Å². The van der Waals surface area contributed by atoms with E-state index in [2.05, 4.69) is 15.2 Å². The molecule has 90 valence electrons. The fraction of sp³-hybridized carbons (Fsp3) is 0.167. The summed E-state index contributed by atoms with van der Waals surface area (Å²) in [4.78, 5) is 16.3. The first-order chi connectivity index (χ1) is 8.79. The van der Waals surface area contributed by atoms with E-state index in [-0.39, 0.29) is 5.78 Å².